The molecule has 3 N–H and O–H groups in total. The third kappa shape index (κ3) is 2.31. The molecule has 1 aliphatic heterocycles. The Hall–Kier alpha value is -2.56. The molecule has 2 heterocycles. The molecule has 1 unspecified atom stereocenters. The Morgan fingerprint density at radius 2 is 2.10 bits per heavy atom. The van der Waals surface area contributed by atoms with Gasteiger partial charge in [0, 0.05) is 11.7 Å². The zero-order valence-corrected chi connectivity index (χ0v) is 11.8. The molecule has 1 aliphatic rings. The largest absolute Gasteiger partial charge is 0.477 e. The summed E-state index contributed by atoms with van der Waals surface area (Å²) >= 11 is 0. The maximum Gasteiger partial charge on any atom is 0.354 e. The van der Waals surface area contributed by atoms with Crippen molar-refractivity contribution in [3.8, 4) is 0 Å². The van der Waals surface area contributed by atoms with Gasteiger partial charge in [-0.05, 0) is 43.5 Å². The monoisotopic (exact) mass is 283 g/mol. The van der Waals surface area contributed by atoms with Gasteiger partial charge in [-0.3, -0.25) is 0 Å². The molecule has 1 aromatic carbocycles. The van der Waals surface area contributed by atoms with Crippen molar-refractivity contribution in [1.82, 2.24) is 4.98 Å². The number of para-hydroxylation sites is 1. The lowest BCUT2D eigenvalue weighted by atomic mass is 9.96. The second-order valence-electron chi connectivity index (χ2n) is 5.30. The summed E-state index contributed by atoms with van der Waals surface area (Å²) < 4.78 is 0. The highest BCUT2D eigenvalue weighted by Crippen LogP contribution is 2.38. The molecule has 2 aromatic rings. The predicted molar refractivity (Wildman–Crippen MR) is 82.0 cm³/mol. The Labute approximate surface area is 123 Å². The summed E-state index contributed by atoms with van der Waals surface area (Å²) in [5, 5.41) is 9.14. The quantitative estimate of drug-likeness (QED) is 0.886. The van der Waals surface area contributed by atoms with E-state index >= 15 is 0 Å². The van der Waals surface area contributed by atoms with Crippen molar-refractivity contribution >= 4 is 23.2 Å². The first-order valence-corrected chi connectivity index (χ1v) is 6.95. The van der Waals surface area contributed by atoms with Gasteiger partial charge in [-0.2, -0.15) is 0 Å². The van der Waals surface area contributed by atoms with Crippen molar-refractivity contribution in [2.45, 2.75) is 25.8 Å². The van der Waals surface area contributed by atoms with Crippen LogP contribution in [-0.2, 0) is 6.42 Å². The van der Waals surface area contributed by atoms with E-state index in [1.807, 2.05) is 23.1 Å². The Balaban J connectivity index is 2.15. The maximum absolute atomic E-state index is 11.2. The lowest BCUT2D eigenvalue weighted by molar-refractivity contribution is 0.0690. The normalized spacial score (nSPS) is 17.4. The standard InChI is InChI=1S/C16H17N3O2/c1-10-6-7-11-4-2-3-5-14(11)19(10)15-12(17)8-9-13(18-15)16(20)21/h2-5,8-10H,6-7,17H2,1H3,(H,20,21). The van der Waals surface area contributed by atoms with Gasteiger partial charge in [-0.1, -0.05) is 18.2 Å². The van der Waals surface area contributed by atoms with Crippen molar-refractivity contribution in [2.75, 3.05) is 10.6 Å². The van der Waals surface area contributed by atoms with Crippen molar-refractivity contribution in [1.29, 1.82) is 0 Å². The summed E-state index contributed by atoms with van der Waals surface area (Å²) in [5.74, 6) is -0.524. The first kappa shape index (κ1) is 13.4. The Morgan fingerprint density at radius 1 is 1.33 bits per heavy atom. The molecule has 0 amide bonds. The summed E-state index contributed by atoms with van der Waals surface area (Å²) in [6.45, 7) is 2.10. The predicted octanol–water partition coefficient (Wildman–Crippen LogP) is 2.83. The van der Waals surface area contributed by atoms with E-state index in [4.69, 9.17) is 10.8 Å². The van der Waals surface area contributed by atoms with Gasteiger partial charge < -0.3 is 15.7 Å². The number of nitrogen functional groups attached to an aromatic ring is 1. The molecule has 3 rings (SSSR count). The van der Waals surface area contributed by atoms with E-state index in [2.05, 4.69) is 18.0 Å². The van der Waals surface area contributed by atoms with Crippen LogP contribution in [0.1, 0.15) is 29.4 Å². The minimum absolute atomic E-state index is 0.00875. The van der Waals surface area contributed by atoms with Crippen LogP contribution in [0.25, 0.3) is 0 Å². The molecule has 0 spiro atoms. The zero-order valence-electron chi connectivity index (χ0n) is 11.8. The van der Waals surface area contributed by atoms with Crippen LogP contribution in [0.4, 0.5) is 17.2 Å². The van der Waals surface area contributed by atoms with Crippen molar-refractivity contribution in [3.05, 3.63) is 47.7 Å². The molecule has 5 heteroatoms. The number of carboxylic acids is 1. The van der Waals surface area contributed by atoms with Crippen LogP contribution >= 0.6 is 0 Å². The summed E-state index contributed by atoms with van der Waals surface area (Å²) in [4.78, 5) is 17.4. The molecule has 0 fully saturated rings. The number of carbonyl (C=O) groups is 1. The molecule has 21 heavy (non-hydrogen) atoms. The van der Waals surface area contributed by atoms with Crippen molar-refractivity contribution in [3.63, 3.8) is 0 Å². The molecule has 0 saturated carbocycles. The van der Waals surface area contributed by atoms with Gasteiger partial charge in [-0.25, -0.2) is 9.78 Å². The number of anilines is 3. The molecule has 108 valence electrons. The fourth-order valence-corrected chi connectivity index (χ4v) is 2.78. The highest BCUT2D eigenvalue weighted by molar-refractivity contribution is 5.87. The Kier molecular flexibility index (Phi) is 3.25. The number of aryl methyl sites for hydroxylation is 1. The minimum Gasteiger partial charge on any atom is -0.477 e. The van der Waals surface area contributed by atoms with Gasteiger partial charge in [0.2, 0.25) is 0 Å². The maximum atomic E-state index is 11.2. The summed E-state index contributed by atoms with van der Waals surface area (Å²) in [6.07, 6.45) is 1.99. The molecule has 1 aromatic heterocycles. The van der Waals surface area contributed by atoms with Crippen LogP contribution in [0.15, 0.2) is 36.4 Å². The van der Waals surface area contributed by atoms with Gasteiger partial charge in [0.25, 0.3) is 0 Å². The third-order valence-electron chi connectivity index (χ3n) is 3.88. The van der Waals surface area contributed by atoms with E-state index in [9.17, 15) is 4.79 Å². The molecule has 5 nitrogen and oxygen atoms in total. The summed E-state index contributed by atoms with van der Waals surface area (Å²) in [5.41, 5.74) is 8.83. The van der Waals surface area contributed by atoms with Crippen LogP contribution in [0, 0.1) is 0 Å². The highest BCUT2D eigenvalue weighted by Gasteiger charge is 2.27. The topological polar surface area (TPSA) is 79.5 Å². The number of rotatable bonds is 2. The molecule has 0 saturated heterocycles. The summed E-state index contributed by atoms with van der Waals surface area (Å²) in [7, 11) is 0. The number of pyridine rings is 1. The molecular formula is C16H17N3O2. The van der Waals surface area contributed by atoms with Gasteiger partial charge in [0.1, 0.15) is 0 Å². The van der Waals surface area contributed by atoms with E-state index < -0.39 is 5.97 Å². The van der Waals surface area contributed by atoms with Gasteiger partial charge in [-0.15, -0.1) is 0 Å². The van der Waals surface area contributed by atoms with Gasteiger partial charge in [0.05, 0.1) is 5.69 Å². The first-order valence-electron chi connectivity index (χ1n) is 6.95. The molecular weight excluding hydrogens is 266 g/mol. The van der Waals surface area contributed by atoms with Crippen molar-refractivity contribution < 1.29 is 9.90 Å². The lowest BCUT2D eigenvalue weighted by Crippen LogP contribution is -2.34. The molecule has 0 bridgehead atoms. The SMILES string of the molecule is CC1CCc2ccccc2N1c1nc(C(=O)O)ccc1N. The summed E-state index contributed by atoms with van der Waals surface area (Å²) in [6, 6.07) is 11.4. The van der Waals surface area contributed by atoms with Gasteiger partial charge in [0.15, 0.2) is 11.5 Å². The number of aromatic nitrogens is 1. The number of carboxylic acid groups (broad SMARTS) is 1. The number of hydrogen-bond acceptors (Lipinski definition) is 4. The van der Waals surface area contributed by atoms with Gasteiger partial charge >= 0.3 is 5.97 Å². The fraction of sp³-hybridized carbons (Fsp3) is 0.250. The average Bonchev–Trinajstić information content (AvgIpc) is 2.48. The van der Waals surface area contributed by atoms with Crippen molar-refractivity contribution in [2.24, 2.45) is 0 Å². The zero-order chi connectivity index (χ0) is 15.0. The van der Waals surface area contributed by atoms with E-state index in [0.717, 1.165) is 18.5 Å². The van der Waals surface area contributed by atoms with E-state index in [-0.39, 0.29) is 11.7 Å². The van der Waals surface area contributed by atoms with Crippen LogP contribution in [0.2, 0.25) is 0 Å². The van der Waals surface area contributed by atoms with E-state index in [1.54, 1.807) is 6.07 Å². The Morgan fingerprint density at radius 3 is 2.86 bits per heavy atom. The third-order valence-corrected chi connectivity index (χ3v) is 3.88. The smallest absolute Gasteiger partial charge is 0.354 e. The van der Waals surface area contributed by atoms with Crippen LogP contribution < -0.4 is 10.6 Å². The number of hydrogen-bond donors (Lipinski definition) is 2. The number of nitrogens with two attached hydrogens (primary N) is 1. The van der Waals surface area contributed by atoms with Crippen LogP contribution in [0.5, 0.6) is 0 Å². The molecule has 1 atom stereocenters. The first-order chi connectivity index (χ1) is 10.1. The van der Waals surface area contributed by atoms with E-state index in [0.29, 0.717) is 11.5 Å². The average molecular weight is 283 g/mol. The molecule has 0 aliphatic carbocycles. The number of aromatic carboxylic acids is 1. The number of nitrogens with zero attached hydrogens (tertiary/aromatic N) is 2. The minimum atomic E-state index is -1.05. The molecule has 0 radical (unpaired) electrons. The van der Waals surface area contributed by atoms with Crippen LogP contribution in [-0.4, -0.2) is 22.1 Å². The highest BCUT2D eigenvalue weighted by atomic mass is 16.4. The number of fused-ring (bicyclic) bond motifs is 1. The van der Waals surface area contributed by atoms with Crippen LogP contribution in [0.3, 0.4) is 0 Å². The Bertz CT molecular complexity index is 700. The fourth-order valence-electron chi connectivity index (χ4n) is 2.78. The number of benzene rings is 1. The second kappa shape index (κ2) is 5.09. The van der Waals surface area contributed by atoms with E-state index in [1.165, 1.54) is 11.6 Å². The lowest BCUT2D eigenvalue weighted by Gasteiger charge is -2.36. The second-order valence-corrected chi connectivity index (χ2v) is 5.30.